The van der Waals surface area contributed by atoms with E-state index in [1.54, 1.807) is 19.2 Å². The van der Waals surface area contributed by atoms with Crippen molar-refractivity contribution in [3.05, 3.63) is 24.3 Å². The van der Waals surface area contributed by atoms with Crippen LogP contribution in [0.15, 0.2) is 29.2 Å². The van der Waals surface area contributed by atoms with E-state index in [0.29, 0.717) is 12.3 Å². The van der Waals surface area contributed by atoms with Crippen molar-refractivity contribution in [3.63, 3.8) is 0 Å². The number of nitrogens with one attached hydrogen (secondary N) is 1. The number of carbonyl (C=O) groups is 1. The summed E-state index contributed by atoms with van der Waals surface area (Å²) in [7, 11) is -0.428. The van der Waals surface area contributed by atoms with Crippen molar-refractivity contribution in [2.45, 2.75) is 11.0 Å². The topological polar surface area (TPSA) is 84.9 Å². The van der Waals surface area contributed by atoms with Gasteiger partial charge in [-0.1, -0.05) is 0 Å². The van der Waals surface area contributed by atoms with Crippen LogP contribution in [-0.4, -0.2) is 59.2 Å². The average Bonchev–Trinajstić information content (AvgIpc) is 2.48. The SMILES string of the molecule is COc1ccc(S(=O)(=O)NCC2CN(C)C(=O)CO2)cc1. The molecule has 0 saturated carbocycles. The van der Waals surface area contributed by atoms with E-state index in [1.165, 1.54) is 24.1 Å². The van der Waals surface area contributed by atoms with Crippen LogP contribution < -0.4 is 9.46 Å². The Morgan fingerprint density at radius 2 is 2.05 bits per heavy atom. The molecule has 1 N–H and O–H groups in total. The average molecular weight is 314 g/mol. The number of benzene rings is 1. The molecule has 1 unspecified atom stereocenters. The summed E-state index contributed by atoms with van der Waals surface area (Å²) in [5.74, 6) is 0.481. The van der Waals surface area contributed by atoms with Crippen LogP contribution in [0.25, 0.3) is 0 Å². The van der Waals surface area contributed by atoms with Crippen molar-refractivity contribution in [2.75, 3.05) is 33.9 Å². The Balaban J connectivity index is 1.96. The number of hydrogen-bond acceptors (Lipinski definition) is 5. The summed E-state index contributed by atoms with van der Waals surface area (Å²) < 4.78 is 37.0. The Labute approximate surface area is 123 Å². The molecule has 1 aliphatic rings. The summed E-state index contributed by atoms with van der Waals surface area (Å²) >= 11 is 0. The lowest BCUT2D eigenvalue weighted by atomic mass is 10.3. The van der Waals surface area contributed by atoms with Gasteiger partial charge in [-0.15, -0.1) is 0 Å². The standard InChI is InChI=1S/C13H18N2O5S/c1-15-8-11(20-9-13(15)16)7-14-21(17,18)12-5-3-10(19-2)4-6-12/h3-6,11,14H,7-9H2,1-2H3. The summed E-state index contributed by atoms with van der Waals surface area (Å²) in [5.41, 5.74) is 0. The number of carbonyl (C=O) groups excluding carboxylic acids is 1. The highest BCUT2D eigenvalue weighted by atomic mass is 32.2. The Hall–Kier alpha value is -1.64. The van der Waals surface area contributed by atoms with E-state index in [2.05, 4.69) is 4.72 Å². The van der Waals surface area contributed by atoms with Gasteiger partial charge < -0.3 is 14.4 Å². The zero-order valence-electron chi connectivity index (χ0n) is 11.9. The van der Waals surface area contributed by atoms with Crippen LogP contribution in [0.3, 0.4) is 0 Å². The van der Waals surface area contributed by atoms with E-state index >= 15 is 0 Å². The molecule has 0 radical (unpaired) electrons. The van der Waals surface area contributed by atoms with Crippen LogP contribution in [-0.2, 0) is 19.6 Å². The van der Waals surface area contributed by atoms with E-state index < -0.39 is 10.0 Å². The molecule has 1 saturated heterocycles. The lowest BCUT2D eigenvalue weighted by Gasteiger charge is -2.29. The van der Waals surface area contributed by atoms with Gasteiger partial charge in [0.05, 0.1) is 18.1 Å². The number of hydrogen-bond donors (Lipinski definition) is 1. The molecule has 1 aliphatic heterocycles. The van der Waals surface area contributed by atoms with Gasteiger partial charge in [0.2, 0.25) is 15.9 Å². The van der Waals surface area contributed by atoms with Crippen molar-refractivity contribution in [3.8, 4) is 5.75 Å². The fourth-order valence-corrected chi connectivity index (χ4v) is 2.99. The van der Waals surface area contributed by atoms with Gasteiger partial charge in [-0.3, -0.25) is 4.79 Å². The van der Waals surface area contributed by atoms with Gasteiger partial charge in [-0.25, -0.2) is 13.1 Å². The minimum absolute atomic E-state index is 0.0224. The molecule has 1 fully saturated rings. The molecule has 7 nitrogen and oxygen atoms in total. The first-order valence-electron chi connectivity index (χ1n) is 6.41. The third-order valence-electron chi connectivity index (χ3n) is 3.22. The molecular weight excluding hydrogens is 296 g/mol. The van der Waals surface area contributed by atoms with Crippen LogP contribution in [0.2, 0.25) is 0 Å². The fraction of sp³-hybridized carbons (Fsp3) is 0.462. The molecule has 1 aromatic rings. The number of amides is 1. The first-order chi connectivity index (χ1) is 9.92. The molecule has 2 rings (SSSR count). The van der Waals surface area contributed by atoms with Gasteiger partial charge in [0, 0.05) is 20.1 Å². The van der Waals surface area contributed by atoms with E-state index in [0.717, 1.165) is 0 Å². The molecule has 21 heavy (non-hydrogen) atoms. The van der Waals surface area contributed by atoms with Crippen LogP contribution in [0.5, 0.6) is 5.75 Å². The maximum absolute atomic E-state index is 12.1. The second kappa shape index (κ2) is 6.42. The van der Waals surface area contributed by atoms with Crippen molar-refractivity contribution in [1.29, 1.82) is 0 Å². The Bertz CT molecular complexity index is 599. The molecule has 0 aliphatic carbocycles. The van der Waals surface area contributed by atoms with E-state index in [1.807, 2.05) is 0 Å². The van der Waals surface area contributed by atoms with Crippen molar-refractivity contribution in [1.82, 2.24) is 9.62 Å². The second-order valence-corrected chi connectivity index (χ2v) is 6.50. The van der Waals surface area contributed by atoms with E-state index in [9.17, 15) is 13.2 Å². The van der Waals surface area contributed by atoms with Crippen LogP contribution in [0, 0.1) is 0 Å². The van der Waals surface area contributed by atoms with Crippen LogP contribution in [0.4, 0.5) is 0 Å². The summed E-state index contributed by atoms with van der Waals surface area (Å²) in [6, 6.07) is 6.10. The highest BCUT2D eigenvalue weighted by molar-refractivity contribution is 7.89. The zero-order chi connectivity index (χ0) is 15.5. The minimum atomic E-state index is -3.60. The smallest absolute Gasteiger partial charge is 0.248 e. The fourth-order valence-electron chi connectivity index (χ4n) is 1.92. The number of rotatable bonds is 5. The molecule has 1 amide bonds. The summed E-state index contributed by atoms with van der Waals surface area (Å²) in [4.78, 5) is 13.0. The first kappa shape index (κ1) is 15.7. The number of morpholine rings is 1. The molecule has 1 atom stereocenters. The highest BCUT2D eigenvalue weighted by Gasteiger charge is 2.25. The van der Waals surface area contributed by atoms with Gasteiger partial charge in [-0.2, -0.15) is 0 Å². The maximum Gasteiger partial charge on any atom is 0.248 e. The van der Waals surface area contributed by atoms with Gasteiger partial charge in [0.25, 0.3) is 0 Å². The Morgan fingerprint density at radius 3 is 2.62 bits per heavy atom. The number of sulfonamides is 1. The van der Waals surface area contributed by atoms with Crippen molar-refractivity contribution < 1.29 is 22.7 Å². The lowest BCUT2D eigenvalue weighted by Crippen LogP contribution is -2.48. The Kier molecular flexibility index (Phi) is 4.81. The molecule has 116 valence electrons. The lowest BCUT2D eigenvalue weighted by molar-refractivity contribution is -0.146. The molecule has 0 aromatic heterocycles. The van der Waals surface area contributed by atoms with Crippen molar-refractivity contribution in [2.24, 2.45) is 0 Å². The third-order valence-corrected chi connectivity index (χ3v) is 4.66. The summed E-state index contributed by atoms with van der Waals surface area (Å²) in [5, 5.41) is 0. The number of methoxy groups -OCH3 is 1. The molecule has 0 spiro atoms. The predicted molar refractivity (Wildman–Crippen MR) is 75.6 cm³/mol. The molecular formula is C13H18N2O5S. The number of nitrogens with zero attached hydrogens (tertiary/aromatic N) is 1. The minimum Gasteiger partial charge on any atom is -0.497 e. The second-order valence-electron chi connectivity index (χ2n) is 4.73. The number of likely N-dealkylation sites (N-methyl/N-ethyl adjacent to an activating group) is 1. The normalized spacial score (nSPS) is 19.6. The largest absolute Gasteiger partial charge is 0.497 e. The van der Waals surface area contributed by atoms with Crippen molar-refractivity contribution >= 4 is 15.9 Å². The van der Waals surface area contributed by atoms with Crippen LogP contribution in [0.1, 0.15) is 0 Å². The quantitative estimate of drug-likeness (QED) is 0.816. The van der Waals surface area contributed by atoms with Crippen LogP contribution >= 0.6 is 0 Å². The number of ether oxygens (including phenoxy) is 2. The zero-order valence-corrected chi connectivity index (χ0v) is 12.7. The van der Waals surface area contributed by atoms with Gasteiger partial charge in [0.15, 0.2) is 0 Å². The highest BCUT2D eigenvalue weighted by Crippen LogP contribution is 2.15. The first-order valence-corrected chi connectivity index (χ1v) is 7.90. The molecule has 8 heteroatoms. The molecule has 1 aromatic carbocycles. The maximum atomic E-state index is 12.1. The Morgan fingerprint density at radius 1 is 1.38 bits per heavy atom. The summed E-state index contributed by atoms with van der Waals surface area (Å²) in [6.45, 7) is 0.460. The third kappa shape index (κ3) is 3.93. The molecule has 1 heterocycles. The predicted octanol–water partition coefficient (Wildman–Crippen LogP) is -0.169. The van der Waals surface area contributed by atoms with E-state index in [-0.39, 0.29) is 30.1 Å². The summed E-state index contributed by atoms with van der Waals surface area (Å²) in [6.07, 6.45) is -0.347. The monoisotopic (exact) mass is 314 g/mol. The van der Waals surface area contributed by atoms with Gasteiger partial charge in [0.1, 0.15) is 12.4 Å². The van der Waals surface area contributed by atoms with E-state index in [4.69, 9.17) is 9.47 Å². The van der Waals surface area contributed by atoms with Gasteiger partial charge >= 0.3 is 0 Å². The molecule has 0 bridgehead atoms. The van der Waals surface area contributed by atoms with Gasteiger partial charge in [-0.05, 0) is 24.3 Å².